The molecule has 0 spiro atoms. The molecule has 0 aliphatic carbocycles. The minimum Gasteiger partial charge on any atom is -0.324 e. The van der Waals surface area contributed by atoms with Crippen LogP contribution in [-0.2, 0) is 9.59 Å². The summed E-state index contributed by atoms with van der Waals surface area (Å²) in [6, 6.07) is 3.60. The lowest BCUT2D eigenvalue weighted by atomic mass is 9.93. The largest absolute Gasteiger partial charge is 0.325 e. The lowest BCUT2D eigenvalue weighted by molar-refractivity contribution is -0.134. The highest BCUT2D eigenvalue weighted by Crippen LogP contribution is 2.25. The van der Waals surface area contributed by atoms with E-state index in [1.807, 2.05) is 0 Å². The van der Waals surface area contributed by atoms with E-state index in [2.05, 4.69) is 15.6 Å². The molecule has 4 amide bonds. The number of nitrogens with zero attached hydrogens (tertiary/aromatic N) is 3. The number of urea groups is 1. The highest BCUT2D eigenvalue weighted by Gasteiger charge is 2.49. The quantitative estimate of drug-likeness (QED) is 0.758. The Morgan fingerprint density at radius 2 is 2.04 bits per heavy atom. The molecular weight excluding hydrogens is 353 g/mol. The normalized spacial score (nSPS) is 15.7. The number of carbonyl (C=O) groups is 3. The molecule has 9 heteroatoms. The number of anilines is 1. The molecule has 1 aliphatic rings. The third-order valence-corrected chi connectivity index (χ3v) is 4.77. The van der Waals surface area contributed by atoms with Crippen LogP contribution in [0, 0.1) is 5.82 Å². The highest BCUT2D eigenvalue weighted by molar-refractivity contribution is 6.10. The average molecular weight is 373 g/mol. The van der Waals surface area contributed by atoms with Crippen LogP contribution in [0.4, 0.5) is 14.9 Å². The number of nitrogens with one attached hydrogen (secondary N) is 2. The molecule has 0 radical (unpaired) electrons. The first kappa shape index (κ1) is 18.6. The summed E-state index contributed by atoms with van der Waals surface area (Å²) in [6.45, 7) is 3.17. The van der Waals surface area contributed by atoms with Gasteiger partial charge < -0.3 is 15.2 Å². The molecule has 1 aliphatic heterocycles. The Labute approximate surface area is 155 Å². The summed E-state index contributed by atoms with van der Waals surface area (Å²) in [6.07, 6.45) is 5.46. The van der Waals surface area contributed by atoms with E-state index in [0.717, 1.165) is 4.90 Å². The van der Waals surface area contributed by atoms with Gasteiger partial charge in [0.15, 0.2) is 0 Å². The first-order chi connectivity index (χ1) is 12.9. The predicted octanol–water partition coefficient (Wildman–Crippen LogP) is 2.06. The summed E-state index contributed by atoms with van der Waals surface area (Å²) in [4.78, 5) is 41.6. The van der Waals surface area contributed by atoms with Crippen molar-refractivity contribution < 1.29 is 18.8 Å². The minimum atomic E-state index is -0.962. The van der Waals surface area contributed by atoms with Gasteiger partial charge >= 0.3 is 6.03 Å². The maximum absolute atomic E-state index is 14.3. The van der Waals surface area contributed by atoms with Crippen LogP contribution in [0.25, 0.3) is 5.69 Å². The van der Waals surface area contributed by atoms with Crippen molar-refractivity contribution in [1.29, 1.82) is 0 Å². The molecule has 0 saturated carbocycles. The number of hydrogen-bond donors (Lipinski definition) is 2. The number of benzene rings is 1. The number of imide groups is 1. The zero-order valence-corrected chi connectivity index (χ0v) is 15.0. The Morgan fingerprint density at radius 3 is 2.59 bits per heavy atom. The maximum Gasteiger partial charge on any atom is 0.325 e. The van der Waals surface area contributed by atoms with E-state index in [1.54, 1.807) is 20.0 Å². The van der Waals surface area contributed by atoms with Crippen LogP contribution in [0.2, 0.25) is 0 Å². The fourth-order valence-corrected chi connectivity index (χ4v) is 3.09. The SMILES string of the molecule is CCC1(CC)NC(=O)N(CC(=O)Nc2ccc(-n3ccnc3)c(F)c2)C1=O. The standard InChI is InChI=1S/C18H20FN5O3/c1-3-18(4-2)16(26)24(17(27)22-18)10-15(25)21-12-5-6-14(13(19)9-12)23-8-7-20-11-23/h5-9,11H,3-4,10H2,1-2H3,(H,21,25)(H,22,27). The number of carbonyl (C=O) groups excluding carboxylic acids is 3. The monoisotopic (exact) mass is 373 g/mol. The summed E-state index contributed by atoms with van der Waals surface area (Å²) >= 11 is 0. The molecule has 8 nitrogen and oxygen atoms in total. The van der Waals surface area contributed by atoms with Crippen molar-refractivity contribution in [1.82, 2.24) is 19.8 Å². The van der Waals surface area contributed by atoms with E-state index >= 15 is 0 Å². The molecule has 1 aromatic carbocycles. The third-order valence-electron chi connectivity index (χ3n) is 4.77. The van der Waals surface area contributed by atoms with Crippen LogP contribution in [0.1, 0.15) is 26.7 Å². The zero-order chi connectivity index (χ0) is 19.6. The Kier molecular flexibility index (Phi) is 4.93. The molecule has 142 valence electrons. The molecule has 27 heavy (non-hydrogen) atoms. The van der Waals surface area contributed by atoms with Crippen molar-refractivity contribution in [2.45, 2.75) is 32.2 Å². The molecule has 0 atom stereocenters. The number of aromatic nitrogens is 2. The average Bonchev–Trinajstić information content (AvgIpc) is 3.25. The fourth-order valence-electron chi connectivity index (χ4n) is 3.09. The van der Waals surface area contributed by atoms with Gasteiger partial charge in [0.1, 0.15) is 17.9 Å². The van der Waals surface area contributed by atoms with Crippen LogP contribution in [-0.4, -0.2) is 44.4 Å². The first-order valence-corrected chi connectivity index (χ1v) is 8.62. The molecular formula is C18H20FN5O3. The van der Waals surface area contributed by atoms with Gasteiger partial charge in [-0.1, -0.05) is 13.8 Å². The van der Waals surface area contributed by atoms with Crippen molar-refractivity contribution in [3.63, 3.8) is 0 Å². The van der Waals surface area contributed by atoms with Crippen LogP contribution in [0.3, 0.4) is 0 Å². The summed E-state index contributed by atoms with van der Waals surface area (Å²) in [5.41, 5.74) is -0.448. The van der Waals surface area contributed by atoms with Gasteiger partial charge in [0.2, 0.25) is 5.91 Å². The topological polar surface area (TPSA) is 96.3 Å². The van der Waals surface area contributed by atoms with Crippen molar-refractivity contribution in [2.75, 3.05) is 11.9 Å². The Hall–Kier alpha value is -3.23. The second-order valence-electron chi connectivity index (χ2n) is 6.29. The van der Waals surface area contributed by atoms with E-state index in [0.29, 0.717) is 12.8 Å². The summed E-state index contributed by atoms with van der Waals surface area (Å²) in [5, 5.41) is 5.17. The Balaban J connectivity index is 1.69. The molecule has 2 N–H and O–H groups in total. The number of rotatable bonds is 6. The van der Waals surface area contributed by atoms with Gasteiger partial charge in [-0.15, -0.1) is 0 Å². The zero-order valence-electron chi connectivity index (χ0n) is 15.0. The van der Waals surface area contributed by atoms with Gasteiger partial charge in [-0.3, -0.25) is 14.5 Å². The third kappa shape index (κ3) is 3.40. The number of amides is 4. The molecule has 0 bridgehead atoms. The van der Waals surface area contributed by atoms with E-state index in [4.69, 9.17) is 0 Å². The maximum atomic E-state index is 14.3. The van der Waals surface area contributed by atoms with Crippen LogP contribution >= 0.6 is 0 Å². The Morgan fingerprint density at radius 1 is 1.30 bits per heavy atom. The predicted molar refractivity (Wildman–Crippen MR) is 95.7 cm³/mol. The molecule has 3 rings (SSSR count). The van der Waals surface area contributed by atoms with Crippen LogP contribution in [0.5, 0.6) is 0 Å². The van der Waals surface area contributed by atoms with Gasteiger partial charge in [-0.2, -0.15) is 0 Å². The molecule has 1 fully saturated rings. The van der Waals surface area contributed by atoms with Crippen molar-refractivity contribution in [2.24, 2.45) is 0 Å². The number of hydrogen-bond acceptors (Lipinski definition) is 4. The van der Waals surface area contributed by atoms with Crippen molar-refractivity contribution in [3.05, 3.63) is 42.7 Å². The van der Waals surface area contributed by atoms with E-state index in [-0.39, 0.29) is 11.4 Å². The molecule has 2 aromatic rings. The second-order valence-corrected chi connectivity index (χ2v) is 6.29. The lowest BCUT2D eigenvalue weighted by Crippen LogP contribution is -2.46. The van der Waals surface area contributed by atoms with Gasteiger partial charge in [0, 0.05) is 18.1 Å². The van der Waals surface area contributed by atoms with Crippen LogP contribution in [0.15, 0.2) is 36.9 Å². The van der Waals surface area contributed by atoms with E-state index in [9.17, 15) is 18.8 Å². The molecule has 1 aromatic heterocycles. The molecule has 1 saturated heterocycles. The fraction of sp³-hybridized carbons (Fsp3) is 0.333. The van der Waals surface area contributed by atoms with Crippen LogP contribution < -0.4 is 10.6 Å². The number of imidazole rings is 1. The molecule has 2 heterocycles. The highest BCUT2D eigenvalue weighted by atomic mass is 19.1. The second kappa shape index (κ2) is 7.18. The van der Waals surface area contributed by atoms with Crippen molar-refractivity contribution in [3.8, 4) is 5.69 Å². The van der Waals surface area contributed by atoms with Gasteiger partial charge in [-0.05, 0) is 31.0 Å². The van der Waals surface area contributed by atoms with E-state index < -0.39 is 35.7 Å². The summed E-state index contributed by atoms with van der Waals surface area (Å²) < 4.78 is 15.8. The van der Waals surface area contributed by atoms with E-state index in [1.165, 1.54) is 35.3 Å². The first-order valence-electron chi connectivity index (χ1n) is 8.62. The van der Waals surface area contributed by atoms with Crippen molar-refractivity contribution >= 4 is 23.5 Å². The lowest BCUT2D eigenvalue weighted by Gasteiger charge is -2.23. The summed E-state index contributed by atoms with van der Waals surface area (Å²) in [5.74, 6) is -1.55. The van der Waals surface area contributed by atoms with Gasteiger partial charge in [0.05, 0.1) is 12.0 Å². The van der Waals surface area contributed by atoms with Gasteiger partial charge in [-0.25, -0.2) is 14.2 Å². The van der Waals surface area contributed by atoms with Gasteiger partial charge in [0.25, 0.3) is 5.91 Å². The minimum absolute atomic E-state index is 0.227. The molecule has 0 unspecified atom stereocenters. The Bertz CT molecular complexity index is 877. The number of halogens is 1. The summed E-state index contributed by atoms with van der Waals surface area (Å²) in [7, 11) is 0. The smallest absolute Gasteiger partial charge is 0.324 e.